The summed E-state index contributed by atoms with van der Waals surface area (Å²) in [6, 6.07) is 2.24. The van der Waals surface area contributed by atoms with Gasteiger partial charge in [0.15, 0.2) is 4.90 Å². The second-order valence-corrected chi connectivity index (χ2v) is 6.90. The van der Waals surface area contributed by atoms with Gasteiger partial charge in [0.2, 0.25) is 5.75 Å². The van der Waals surface area contributed by atoms with Crippen LogP contribution in [-0.4, -0.2) is 28.9 Å². The fourth-order valence-corrected chi connectivity index (χ4v) is 3.26. The lowest BCUT2D eigenvalue weighted by Crippen LogP contribution is -2.25. The van der Waals surface area contributed by atoms with Gasteiger partial charge in [-0.15, -0.1) is 0 Å². The highest BCUT2D eigenvalue weighted by Gasteiger charge is 2.36. The van der Waals surface area contributed by atoms with Gasteiger partial charge < -0.3 is 9.87 Å². The Balaban J connectivity index is 2.33. The van der Waals surface area contributed by atoms with Crippen molar-refractivity contribution in [3.8, 4) is 0 Å². The van der Waals surface area contributed by atoms with E-state index in [-0.39, 0.29) is 22.1 Å². The van der Waals surface area contributed by atoms with Crippen molar-refractivity contribution in [2.75, 3.05) is 12.3 Å². The maximum atomic E-state index is 14.1. The number of hydrogen-bond acceptors (Lipinski definition) is 2. The molecule has 0 radical (unpaired) electrons. The summed E-state index contributed by atoms with van der Waals surface area (Å²) in [4.78, 5) is 4.17. The van der Waals surface area contributed by atoms with Gasteiger partial charge in [0.05, 0.1) is 0 Å². The smallest absolute Gasteiger partial charge is 0.433 e. The number of hydrogen-bond donors (Lipinski definition) is 1. The third-order valence-corrected chi connectivity index (χ3v) is 4.87. The first kappa shape index (κ1) is 18.1. The lowest BCUT2D eigenvalue weighted by molar-refractivity contribution is -0.106. The zero-order valence-electron chi connectivity index (χ0n) is 12.8. The predicted molar refractivity (Wildman–Crippen MR) is 82.0 cm³/mol. The summed E-state index contributed by atoms with van der Waals surface area (Å²) in [5.41, 5.74) is 0.143. The zero-order valence-corrected chi connectivity index (χ0v) is 13.7. The van der Waals surface area contributed by atoms with Crippen LogP contribution in [0.1, 0.15) is 25.3 Å². The van der Waals surface area contributed by atoms with Gasteiger partial charge in [-0.05, 0) is 43.9 Å². The van der Waals surface area contributed by atoms with Crippen molar-refractivity contribution in [2.45, 2.75) is 37.8 Å². The Morgan fingerprint density at radius 1 is 1.39 bits per heavy atom. The average molecular weight is 350 g/mol. The number of nitrogens with one attached hydrogen (secondary N) is 1. The Labute approximate surface area is 135 Å². The molecule has 1 N–H and O–H groups in total. The van der Waals surface area contributed by atoms with Crippen LogP contribution in [0.5, 0.6) is 0 Å². The Hall–Kier alpha value is -1.28. The van der Waals surface area contributed by atoms with Gasteiger partial charge in [-0.2, -0.15) is 13.2 Å². The van der Waals surface area contributed by atoms with Crippen LogP contribution < -0.4 is 5.32 Å². The molecule has 2 rings (SSSR count). The van der Waals surface area contributed by atoms with E-state index in [1.807, 2.05) is 6.92 Å². The van der Waals surface area contributed by atoms with Crippen LogP contribution in [0, 0.1) is 18.7 Å². The summed E-state index contributed by atoms with van der Waals surface area (Å²) >= 11 is -2.28. The molecule has 3 nitrogen and oxygen atoms in total. The number of halogens is 4. The average Bonchev–Trinajstić information content (AvgIpc) is 3.23. The minimum absolute atomic E-state index is 0.0332. The Bertz CT molecular complexity index is 600. The number of amidine groups is 1. The van der Waals surface area contributed by atoms with Gasteiger partial charge in [0, 0.05) is 24.1 Å². The molecule has 1 aliphatic carbocycles. The first-order valence-corrected chi connectivity index (χ1v) is 8.61. The molecule has 8 heteroatoms. The molecule has 23 heavy (non-hydrogen) atoms. The van der Waals surface area contributed by atoms with E-state index in [4.69, 9.17) is 0 Å². The van der Waals surface area contributed by atoms with Crippen molar-refractivity contribution in [3.05, 3.63) is 23.5 Å². The second kappa shape index (κ2) is 7.09. The molecule has 0 aliphatic heterocycles. The van der Waals surface area contributed by atoms with Crippen LogP contribution >= 0.6 is 0 Å². The summed E-state index contributed by atoms with van der Waals surface area (Å²) in [6.45, 7) is 3.94. The van der Waals surface area contributed by atoms with Gasteiger partial charge in [-0.3, -0.25) is 0 Å². The largest absolute Gasteiger partial charge is 0.611 e. The monoisotopic (exact) mass is 350 g/mol. The quantitative estimate of drug-likeness (QED) is 0.379. The van der Waals surface area contributed by atoms with Crippen molar-refractivity contribution in [1.29, 1.82) is 0 Å². The Morgan fingerprint density at radius 3 is 2.57 bits per heavy atom. The van der Waals surface area contributed by atoms with Gasteiger partial charge in [-0.25, -0.2) is 9.38 Å². The number of benzene rings is 1. The molecule has 1 unspecified atom stereocenters. The standard InChI is InChI=1S/C15H18F4N2OS/c1-3-20-14(10-4-5-10)21-12-7-13(9(2)6-11(12)16)23(22)8-15(17,18)19/h6-7,10H,3-5,8H2,1-2H3,(H,20,21). The molecule has 0 aromatic heterocycles. The maximum Gasteiger partial charge on any atom is 0.433 e. The van der Waals surface area contributed by atoms with E-state index in [9.17, 15) is 22.1 Å². The zero-order chi connectivity index (χ0) is 17.2. The lowest BCUT2D eigenvalue weighted by Gasteiger charge is -2.15. The molecule has 128 valence electrons. The van der Waals surface area contributed by atoms with E-state index < -0.39 is 28.9 Å². The number of alkyl halides is 3. The molecule has 0 amide bonds. The van der Waals surface area contributed by atoms with E-state index in [0.29, 0.717) is 12.4 Å². The molecule has 0 bridgehead atoms. The maximum absolute atomic E-state index is 14.1. The highest BCUT2D eigenvalue weighted by molar-refractivity contribution is 7.91. The SMILES string of the molecule is CCN/C(=N\c1cc([S+]([O-])CC(F)(F)F)c(C)cc1F)C1CC1. The summed E-state index contributed by atoms with van der Waals surface area (Å²) in [6.07, 6.45) is -2.64. The Kier molecular flexibility index (Phi) is 5.57. The van der Waals surface area contributed by atoms with E-state index in [0.717, 1.165) is 25.0 Å². The normalized spacial score (nSPS) is 17.3. The first-order chi connectivity index (χ1) is 10.7. The van der Waals surface area contributed by atoms with Gasteiger partial charge >= 0.3 is 6.18 Å². The minimum Gasteiger partial charge on any atom is -0.611 e. The molecule has 1 saturated carbocycles. The van der Waals surface area contributed by atoms with Gasteiger partial charge in [0.25, 0.3) is 0 Å². The van der Waals surface area contributed by atoms with E-state index in [2.05, 4.69) is 10.3 Å². The summed E-state index contributed by atoms with van der Waals surface area (Å²) < 4.78 is 63.2. The van der Waals surface area contributed by atoms with Gasteiger partial charge in [-0.1, -0.05) is 0 Å². The number of aliphatic imine (C=N–C) groups is 1. The van der Waals surface area contributed by atoms with Crippen LogP contribution in [0.25, 0.3) is 0 Å². The van der Waals surface area contributed by atoms with Crippen molar-refractivity contribution < 1.29 is 22.1 Å². The molecule has 1 aromatic rings. The molecule has 0 spiro atoms. The molecule has 0 saturated heterocycles. The molecule has 1 atom stereocenters. The second-order valence-electron chi connectivity index (χ2n) is 5.48. The predicted octanol–water partition coefficient (Wildman–Crippen LogP) is 3.85. The minimum atomic E-state index is -4.54. The highest BCUT2D eigenvalue weighted by atomic mass is 32.2. The molecule has 0 heterocycles. The molecule has 1 aliphatic rings. The van der Waals surface area contributed by atoms with Crippen LogP contribution in [0.15, 0.2) is 22.0 Å². The van der Waals surface area contributed by atoms with E-state index >= 15 is 0 Å². The topological polar surface area (TPSA) is 47.5 Å². The van der Waals surface area contributed by atoms with E-state index in [1.54, 1.807) is 0 Å². The third-order valence-electron chi connectivity index (χ3n) is 3.35. The summed E-state index contributed by atoms with van der Waals surface area (Å²) in [7, 11) is 0. The summed E-state index contributed by atoms with van der Waals surface area (Å²) in [5.74, 6) is -1.22. The Morgan fingerprint density at radius 2 is 2.04 bits per heavy atom. The molecular weight excluding hydrogens is 332 g/mol. The molecular formula is C15H18F4N2OS. The van der Waals surface area contributed by atoms with Crippen molar-refractivity contribution in [2.24, 2.45) is 10.9 Å². The van der Waals surface area contributed by atoms with Gasteiger partial charge in [0.1, 0.15) is 17.3 Å². The first-order valence-electron chi connectivity index (χ1n) is 7.29. The molecule has 1 fully saturated rings. The number of rotatable bonds is 5. The highest BCUT2D eigenvalue weighted by Crippen LogP contribution is 2.33. The van der Waals surface area contributed by atoms with Crippen molar-refractivity contribution in [1.82, 2.24) is 5.32 Å². The lowest BCUT2D eigenvalue weighted by atomic mass is 10.2. The number of aryl methyl sites for hydroxylation is 1. The fraction of sp³-hybridized carbons (Fsp3) is 0.533. The van der Waals surface area contributed by atoms with Crippen molar-refractivity contribution in [3.63, 3.8) is 0 Å². The summed E-state index contributed by atoms with van der Waals surface area (Å²) in [5, 5.41) is 3.05. The fourth-order valence-electron chi connectivity index (χ4n) is 2.14. The van der Waals surface area contributed by atoms with Crippen molar-refractivity contribution >= 4 is 22.7 Å². The van der Waals surface area contributed by atoms with Crippen LogP contribution in [0.3, 0.4) is 0 Å². The van der Waals surface area contributed by atoms with E-state index in [1.165, 1.54) is 6.92 Å². The van der Waals surface area contributed by atoms with Crippen LogP contribution in [-0.2, 0) is 11.2 Å². The molecule has 1 aromatic carbocycles. The number of nitrogens with zero attached hydrogens (tertiary/aromatic N) is 1. The van der Waals surface area contributed by atoms with Crippen LogP contribution in [0.2, 0.25) is 0 Å². The van der Waals surface area contributed by atoms with Crippen LogP contribution in [0.4, 0.5) is 23.2 Å². The third kappa shape index (κ3) is 5.10.